The number of hydrogen-bond donors (Lipinski definition) is 0. The fraction of sp³-hybridized carbons (Fsp3) is 0.0526. The highest BCUT2D eigenvalue weighted by atomic mass is 31.1. The van der Waals surface area contributed by atoms with E-state index in [-0.39, 0.29) is 4.70 Å². The molecule has 128 valence electrons. The number of rotatable bonds is 2. The topological polar surface area (TPSA) is 0 Å². The van der Waals surface area contributed by atoms with Gasteiger partial charge in [-0.05, 0) is 27.6 Å². The van der Waals surface area contributed by atoms with Crippen LogP contribution in [0, 0.1) is 0 Å². The third-order valence-corrected chi connectivity index (χ3v) is 5.50. The molecule has 0 spiro atoms. The second kappa shape index (κ2) is 8.82. The van der Waals surface area contributed by atoms with E-state index in [2.05, 4.69) is 78.9 Å². The van der Waals surface area contributed by atoms with E-state index < -0.39 is 7.54 Å². The van der Waals surface area contributed by atoms with E-state index >= 15 is 0 Å². The Kier molecular flexibility index (Phi) is 6.77. The summed E-state index contributed by atoms with van der Waals surface area (Å²) in [6.45, 7) is 0. The molecule has 0 radical (unpaired) electrons. The van der Waals surface area contributed by atoms with Gasteiger partial charge in [0.15, 0.2) is 0 Å². The number of benzene rings is 3. The normalized spacial score (nSPS) is 12.0. The summed E-state index contributed by atoms with van der Waals surface area (Å²) < 4.78 is 29.0. The van der Waals surface area contributed by atoms with Gasteiger partial charge in [-0.1, -0.05) is 87.4 Å². The Balaban J connectivity index is 0.000000411. The molecule has 1 atom stereocenters. The fourth-order valence-corrected chi connectivity index (χ4v) is 4.54. The van der Waals surface area contributed by atoms with Crippen LogP contribution in [0.25, 0.3) is 11.1 Å². The predicted molar refractivity (Wildman–Crippen MR) is 97.2 cm³/mol. The van der Waals surface area contributed by atoms with Crippen molar-refractivity contribution in [3.8, 4) is 11.1 Å². The monoisotopic (exact) mass is 361 g/mol. The maximum atomic E-state index is 9.67. The molecule has 0 amide bonds. The van der Waals surface area contributed by atoms with E-state index in [9.17, 15) is 12.9 Å². The van der Waals surface area contributed by atoms with E-state index in [0.717, 1.165) is 8.58 Å². The van der Waals surface area contributed by atoms with Crippen molar-refractivity contribution < 1.29 is 17.7 Å². The van der Waals surface area contributed by atoms with Gasteiger partial charge in [0, 0.05) is 5.66 Å². The molecular weight excluding hydrogens is 346 g/mol. The molecule has 0 aliphatic heterocycles. The lowest BCUT2D eigenvalue weighted by atomic mass is 10.1. The minimum atomic E-state index is -3.67. The van der Waals surface area contributed by atoms with E-state index in [0.29, 0.717) is 5.66 Å². The molecule has 0 fully saturated rings. The van der Waals surface area contributed by atoms with Crippen LogP contribution in [0.15, 0.2) is 78.9 Å². The van der Waals surface area contributed by atoms with E-state index in [4.69, 9.17) is 0 Å². The van der Waals surface area contributed by atoms with Crippen molar-refractivity contribution in [3.05, 3.63) is 90.0 Å². The number of halogens is 4. The van der Waals surface area contributed by atoms with Crippen molar-refractivity contribution in [2.24, 2.45) is 0 Å². The summed E-state index contributed by atoms with van der Waals surface area (Å²) in [4.78, 5) is 0. The standard InChI is InChI=1S/C19H15P.BF3.FH/c1-2-8-14(9-3-1)20-19-17-12-6-4-10-15(17)16-11-5-7-13-18(16)19;2-1(3)4;/h1-13,19-20H;;1H/p-1. The summed E-state index contributed by atoms with van der Waals surface area (Å²) in [6.07, 6.45) is 0. The molecule has 1 aliphatic carbocycles. The maximum absolute atomic E-state index is 9.67. The molecule has 0 saturated carbocycles. The molecule has 25 heavy (non-hydrogen) atoms. The Hall–Kier alpha value is -2.13. The first-order valence-electron chi connectivity index (χ1n) is 7.59. The van der Waals surface area contributed by atoms with Gasteiger partial charge in [-0.3, -0.25) is 12.9 Å². The van der Waals surface area contributed by atoms with Gasteiger partial charge in [-0.15, -0.1) is 0 Å². The zero-order chi connectivity index (χ0) is 16.9. The first-order chi connectivity index (χ1) is 11.7. The van der Waals surface area contributed by atoms with Crippen LogP contribution in [0.3, 0.4) is 0 Å². The minimum Gasteiger partial charge on any atom is -1.00 e. The van der Waals surface area contributed by atoms with Gasteiger partial charge in [-0.25, -0.2) is 0 Å². The summed E-state index contributed by atoms with van der Waals surface area (Å²) >= 11 is 0. The Morgan fingerprint density at radius 2 is 1.04 bits per heavy atom. The zero-order valence-corrected chi connectivity index (χ0v) is 14.2. The second-order valence-electron chi connectivity index (χ2n) is 5.37. The van der Waals surface area contributed by atoms with Crippen LogP contribution in [0.4, 0.5) is 12.9 Å². The van der Waals surface area contributed by atoms with Gasteiger partial charge in [0.1, 0.15) is 0 Å². The molecule has 1 aliphatic rings. The Bertz CT molecular complexity index is 763. The average Bonchev–Trinajstić information content (AvgIpc) is 2.90. The quantitative estimate of drug-likeness (QED) is 0.374. The molecule has 6 heteroatoms. The van der Waals surface area contributed by atoms with E-state index in [1.54, 1.807) is 0 Å². The van der Waals surface area contributed by atoms with Gasteiger partial charge >= 0.3 is 7.54 Å². The van der Waals surface area contributed by atoms with Crippen LogP contribution < -0.4 is 10.0 Å². The Morgan fingerprint density at radius 1 is 0.640 bits per heavy atom. The summed E-state index contributed by atoms with van der Waals surface area (Å²) in [7, 11) is -2.87. The summed E-state index contributed by atoms with van der Waals surface area (Å²) in [5, 5.41) is 1.43. The van der Waals surface area contributed by atoms with Gasteiger partial charge in [0.2, 0.25) is 0 Å². The fourth-order valence-electron chi connectivity index (χ4n) is 3.01. The predicted octanol–water partition coefficient (Wildman–Crippen LogP) is 2.64. The number of hydrogen-bond acceptors (Lipinski definition) is 0. The van der Waals surface area contributed by atoms with Crippen LogP contribution in [0.5, 0.6) is 0 Å². The molecule has 0 nitrogen and oxygen atoms in total. The average molecular weight is 361 g/mol. The molecule has 0 bridgehead atoms. The van der Waals surface area contributed by atoms with Crippen molar-refractivity contribution in [2.45, 2.75) is 5.66 Å². The second-order valence-corrected chi connectivity index (χ2v) is 6.81. The molecule has 0 aromatic heterocycles. The van der Waals surface area contributed by atoms with E-state index in [1.165, 1.54) is 27.6 Å². The first kappa shape index (κ1) is 19.2. The molecule has 0 heterocycles. The Labute approximate surface area is 146 Å². The van der Waals surface area contributed by atoms with E-state index in [1.807, 2.05) is 0 Å². The lowest BCUT2D eigenvalue weighted by Gasteiger charge is -2.13. The smallest absolute Gasteiger partial charge is 0.762 e. The van der Waals surface area contributed by atoms with Gasteiger partial charge in [0.25, 0.3) is 0 Å². The molecule has 3 aromatic carbocycles. The highest BCUT2D eigenvalue weighted by molar-refractivity contribution is 7.48. The van der Waals surface area contributed by atoms with Gasteiger partial charge in [0.05, 0.1) is 0 Å². The van der Waals surface area contributed by atoms with Crippen LogP contribution in [-0.4, -0.2) is 7.54 Å². The molecule has 0 N–H and O–H groups in total. The third kappa shape index (κ3) is 4.49. The molecule has 4 rings (SSSR count). The third-order valence-electron chi connectivity index (χ3n) is 3.92. The van der Waals surface area contributed by atoms with Crippen LogP contribution in [0.2, 0.25) is 0 Å². The molecule has 1 unspecified atom stereocenters. The number of fused-ring (bicyclic) bond motifs is 3. The van der Waals surface area contributed by atoms with Crippen molar-refractivity contribution in [3.63, 3.8) is 0 Å². The van der Waals surface area contributed by atoms with Crippen molar-refractivity contribution >= 4 is 21.4 Å². The van der Waals surface area contributed by atoms with Gasteiger partial charge in [-0.2, -0.15) is 0 Å². The lowest BCUT2D eigenvalue weighted by Crippen LogP contribution is -3.00. The van der Waals surface area contributed by atoms with Crippen LogP contribution in [0.1, 0.15) is 16.8 Å². The lowest BCUT2D eigenvalue weighted by molar-refractivity contribution is -0.00000733. The SMILES string of the molecule is FB(F)F.[F-].c1ccc(PC2c3ccccc3-c3ccccc32)cc1. The summed E-state index contributed by atoms with van der Waals surface area (Å²) in [5.74, 6) is 0. The summed E-state index contributed by atoms with van der Waals surface area (Å²) in [6, 6.07) is 28.5. The first-order valence-corrected chi connectivity index (χ1v) is 8.66. The molecular formula is C19H15BF4P-. The largest absolute Gasteiger partial charge is 1.00 e. The summed E-state index contributed by atoms with van der Waals surface area (Å²) in [5.41, 5.74) is 6.31. The van der Waals surface area contributed by atoms with Crippen LogP contribution >= 0.6 is 8.58 Å². The van der Waals surface area contributed by atoms with Gasteiger partial charge < -0.3 is 4.70 Å². The van der Waals surface area contributed by atoms with Crippen LogP contribution in [-0.2, 0) is 0 Å². The highest BCUT2D eigenvalue weighted by Crippen LogP contribution is 2.52. The van der Waals surface area contributed by atoms with Crippen molar-refractivity contribution in [1.29, 1.82) is 0 Å². The molecule has 0 saturated heterocycles. The maximum Gasteiger partial charge on any atom is 0.762 e. The Morgan fingerprint density at radius 3 is 1.52 bits per heavy atom. The minimum absolute atomic E-state index is 0. The van der Waals surface area contributed by atoms with Crippen molar-refractivity contribution in [2.75, 3.05) is 0 Å². The molecule has 3 aromatic rings. The van der Waals surface area contributed by atoms with Crippen molar-refractivity contribution in [1.82, 2.24) is 0 Å². The zero-order valence-electron chi connectivity index (χ0n) is 13.2. The highest BCUT2D eigenvalue weighted by Gasteiger charge is 2.27.